The van der Waals surface area contributed by atoms with Crippen LogP contribution in [0.15, 0.2) is 52.6 Å². The maximum Gasteiger partial charge on any atom is 0.242 e. The number of guanidine groups is 1. The van der Waals surface area contributed by atoms with Crippen LogP contribution in [-0.4, -0.2) is 57.7 Å². The first-order chi connectivity index (χ1) is 14.0. The third kappa shape index (κ3) is 5.58. The molecule has 0 atom stereocenters. The standard InChI is InChI=1S/C19H25N5O4S/c1-3-21-19(22-9-10-23-29(25,26)16-5-4-8-20-12-16)24(2)13-15-6-7-17-18(11-15)28-14-27-17/h4-8,11-12,23H,3,9-10,13-14H2,1-2H3,(H,21,22). The molecule has 9 nitrogen and oxygen atoms in total. The van der Waals surface area contributed by atoms with Crippen LogP contribution in [0.2, 0.25) is 0 Å². The molecule has 0 saturated carbocycles. The second-order valence-electron chi connectivity index (χ2n) is 6.37. The molecule has 0 radical (unpaired) electrons. The van der Waals surface area contributed by atoms with Crippen molar-refractivity contribution in [2.24, 2.45) is 4.99 Å². The zero-order valence-electron chi connectivity index (χ0n) is 16.5. The maximum atomic E-state index is 12.2. The summed E-state index contributed by atoms with van der Waals surface area (Å²) in [5, 5.41) is 3.22. The molecule has 0 fully saturated rings. The normalized spacial score (nSPS) is 13.4. The Balaban J connectivity index is 1.57. The number of rotatable bonds is 8. The van der Waals surface area contributed by atoms with Crippen molar-refractivity contribution in [3.8, 4) is 11.5 Å². The monoisotopic (exact) mass is 419 g/mol. The lowest BCUT2D eigenvalue weighted by molar-refractivity contribution is 0.174. The number of sulfonamides is 1. The van der Waals surface area contributed by atoms with Gasteiger partial charge in [-0.3, -0.25) is 9.98 Å². The molecule has 10 heteroatoms. The van der Waals surface area contributed by atoms with Crippen LogP contribution < -0.4 is 19.5 Å². The second kappa shape index (κ2) is 9.57. The Labute approximate surface area is 170 Å². The minimum atomic E-state index is -3.59. The highest BCUT2D eigenvalue weighted by Crippen LogP contribution is 2.32. The first-order valence-corrected chi connectivity index (χ1v) is 10.8. The fraction of sp³-hybridized carbons (Fsp3) is 0.368. The van der Waals surface area contributed by atoms with Crippen molar-refractivity contribution in [2.45, 2.75) is 18.4 Å². The van der Waals surface area contributed by atoms with Gasteiger partial charge in [-0.05, 0) is 36.8 Å². The first kappa shape index (κ1) is 20.9. The second-order valence-corrected chi connectivity index (χ2v) is 8.13. The SMILES string of the molecule is CCNC(=NCCNS(=O)(=O)c1cccnc1)N(C)Cc1ccc2c(c1)OCO2. The number of nitrogens with one attached hydrogen (secondary N) is 2. The van der Waals surface area contributed by atoms with Gasteiger partial charge in [0.1, 0.15) is 4.90 Å². The fourth-order valence-electron chi connectivity index (χ4n) is 2.79. The molecule has 1 aliphatic rings. The molecule has 0 spiro atoms. The van der Waals surface area contributed by atoms with E-state index in [0.29, 0.717) is 25.6 Å². The van der Waals surface area contributed by atoms with Crippen LogP contribution in [0.25, 0.3) is 0 Å². The summed E-state index contributed by atoms with van der Waals surface area (Å²) in [5.41, 5.74) is 1.06. The Morgan fingerprint density at radius 3 is 2.86 bits per heavy atom. The lowest BCUT2D eigenvalue weighted by atomic mass is 10.2. The molecule has 2 heterocycles. The number of fused-ring (bicyclic) bond motifs is 1. The van der Waals surface area contributed by atoms with E-state index in [1.54, 1.807) is 6.07 Å². The van der Waals surface area contributed by atoms with Gasteiger partial charge in [-0.25, -0.2) is 13.1 Å². The molecule has 2 aromatic rings. The zero-order chi connectivity index (χ0) is 20.7. The molecule has 1 aromatic heterocycles. The molecular weight excluding hydrogens is 394 g/mol. The quantitative estimate of drug-likeness (QED) is 0.376. The van der Waals surface area contributed by atoms with Crippen LogP contribution in [0.3, 0.4) is 0 Å². The van der Waals surface area contributed by atoms with Gasteiger partial charge in [0.2, 0.25) is 16.8 Å². The Morgan fingerprint density at radius 2 is 2.10 bits per heavy atom. The Hall–Kier alpha value is -2.85. The van der Waals surface area contributed by atoms with Crippen LogP contribution in [0.4, 0.5) is 0 Å². The van der Waals surface area contributed by atoms with E-state index in [-0.39, 0.29) is 18.2 Å². The summed E-state index contributed by atoms with van der Waals surface area (Å²) in [7, 11) is -1.66. The Kier molecular flexibility index (Phi) is 6.89. The predicted molar refractivity (Wildman–Crippen MR) is 109 cm³/mol. The summed E-state index contributed by atoms with van der Waals surface area (Å²) in [5.74, 6) is 2.17. The average Bonchev–Trinajstić information content (AvgIpc) is 3.19. The van der Waals surface area contributed by atoms with E-state index in [9.17, 15) is 8.42 Å². The van der Waals surface area contributed by atoms with Gasteiger partial charge in [0.25, 0.3) is 0 Å². The Bertz CT molecular complexity index is 950. The largest absolute Gasteiger partial charge is 0.454 e. The Morgan fingerprint density at radius 1 is 1.28 bits per heavy atom. The lowest BCUT2D eigenvalue weighted by Gasteiger charge is -2.22. The summed E-state index contributed by atoms with van der Waals surface area (Å²) in [6, 6.07) is 8.91. The van der Waals surface area contributed by atoms with Crippen LogP contribution in [0.1, 0.15) is 12.5 Å². The van der Waals surface area contributed by atoms with Crippen LogP contribution in [0.5, 0.6) is 11.5 Å². The molecular formula is C19H25N5O4S. The van der Waals surface area contributed by atoms with Gasteiger partial charge < -0.3 is 19.7 Å². The predicted octanol–water partition coefficient (Wildman–Crippen LogP) is 1.19. The number of hydrogen-bond donors (Lipinski definition) is 2. The number of nitrogens with zero attached hydrogens (tertiary/aromatic N) is 3. The first-order valence-electron chi connectivity index (χ1n) is 9.27. The molecule has 2 N–H and O–H groups in total. The topological polar surface area (TPSA) is 105 Å². The minimum absolute atomic E-state index is 0.135. The minimum Gasteiger partial charge on any atom is -0.454 e. The van der Waals surface area contributed by atoms with E-state index in [2.05, 4.69) is 20.0 Å². The van der Waals surface area contributed by atoms with Gasteiger partial charge in [0.05, 0.1) is 6.54 Å². The van der Waals surface area contributed by atoms with E-state index in [1.807, 2.05) is 37.1 Å². The summed E-state index contributed by atoms with van der Waals surface area (Å²) in [6.45, 7) is 4.02. The molecule has 1 aromatic carbocycles. The molecule has 0 bridgehead atoms. The van der Waals surface area contributed by atoms with Crippen molar-refractivity contribution < 1.29 is 17.9 Å². The van der Waals surface area contributed by atoms with E-state index in [0.717, 1.165) is 17.1 Å². The number of hydrogen-bond acceptors (Lipinski definition) is 6. The summed E-state index contributed by atoms with van der Waals surface area (Å²) < 4.78 is 37.7. The summed E-state index contributed by atoms with van der Waals surface area (Å²) >= 11 is 0. The lowest BCUT2D eigenvalue weighted by Crippen LogP contribution is -2.39. The molecule has 29 heavy (non-hydrogen) atoms. The molecule has 3 rings (SSSR count). The van der Waals surface area contributed by atoms with Gasteiger partial charge in [-0.15, -0.1) is 0 Å². The van der Waals surface area contributed by atoms with Crippen molar-refractivity contribution in [1.29, 1.82) is 0 Å². The van der Waals surface area contributed by atoms with E-state index < -0.39 is 10.0 Å². The zero-order valence-corrected chi connectivity index (χ0v) is 17.3. The molecule has 0 aliphatic carbocycles. The fourth-order valence-corrected chi connectivity index (χ4v) is 3.77. The van der Waals surface area contributed by atoms with Crippen LogP contribution in [0, 0.1) is 0 Å². The highest BCUT2D eigenvalue weighted by Gasteiger charge is 2.15. The summed E-state index contributed by atoms with van der Waals surface area (Å²) in [4.78, 5) is 10.5. The van der Waals surface area contributed by atoms with Gasteiger partial charge >= 0.3 is 0 Å². The maximum absolute atomic E-state index is 12.2. The molecule has 1 aliphatic heterocycles. The van der Waals surface area contributed by atoms with Crippen molar-refractivity contribution >= 4 is 16.0 Å². The third-order valence-corrected chi connectivity index (χ3v) is 5.61. The van der Waals surface area contributed by atoms with Crippen LogP contribution >= 0.6 is 0 Å². The highest BCUT2D eigenvalue weighted by molar-refractivity contribution is 7.89. The molecule has 0 unspecified atom stereocenters. The number of aromatic nitrogens is 1. The highest BCUT2D eigenvalue weighted by atomic mass is 32.2. The van der Waals surface area contributed by atoms with Gasteiger partial charge in [0, 0.05) is 39.1 Å². The average molecular weight is 420 g/mol. The molecule has 156 valence electrons. The van der Waals surface area contributed by atoms with E-state index in [1.165, 1.54) is 18.5 Å². The number of benzene rings is 1. The van der Waals surface area contributed by atoms with Gasteiger partial charge in [-0.2, -0.15) is 0 Å². The number of pyridine rings is 1. The van der Waals surface area contributed by atoms with E-state index >= 15 is 0 Å². The molecule has 0 saturated heterocycles. The van der Waals surface area contributed by atoms with Gasteiger partial charge in [-0.1, -0.05) is 6.07 Å². The van der Waals surface area contributed by atoms with Crippen LogP contribution in [-0.2, 0) is 16.6 Å². The van der Waals surface area contributed by atoms with Crippen molar-refractivity contribution in [3.63, 3.8) is 0 Å². The van der Waals surface area contributed by atoms with Gasteiger partial charge in [0.15, 0.2) is 17.5 Å². The third-order valence-electron chi connectivity index (χ3n) is 4.16. The number of aliphatic imine (C=N–C) groups is 1. The summed E-state index contributed by atoms with van der Waals surface area (Å²) in [6.07, 6.45) is 2.84. The van der Waals surface area contributed by atoms with E-state index in [4.69, 9.17) is 9.47 Å². The number of ether oxygens (including phenoxy) is 2. The van der Waals surface area contributed by atoms with Crippen molar-refractivity contribution in [3.05, 3.63) is 48.3 Å². The smallest absolute Gasteiger partial charge is 0.242 e. The molecule has 0 amide bonds. The van der Waals surface area contributed by atoms with Crippen molar-refractivity contribution in [1.82, 2.24) is 19.9 Å². The van der Waals surface area contributed by atoms with Crippen molar-refractivity contribution in [2.75, 3.05) is 33.5 Å².